The number of hydrogen-bond acceptors (Lipinski definition) is 4. The summed E-state index contributed by atoms with van der Waals surface area (Å²) in [6, 6.07) is 5.31. The SMILES string of the molecule is CCC(CC)N(CCOC)C(=O)c1cc(N)cc(OC)c1. The molecule has 0 aliphatic heterocycles. The summed E-state index contributed by atoms with van der Waals surface area (Å²) in [4.78, 5) is 14.6. The van der Waals surface area contributed by atoms with Gasteiger partial charge in [-0.15, -0.1) is 0 Å². The normalized spacial score (nSPS) is 10.7. The second kappa shape index (κ2) is 8.52. The summed E-state index contributed by atoms with van der Waals surface area (Å²) < 4.78 is 10.3. The molecule has 0 fully saturated rings. The molecule has 118 valence electrons. The highest BCUT2D eigenvalue weighted by atomic mass is 16.5. The predicted octanol–water partition coefficient (Wildman–Crippen LogP) is 2.55. The third-order valence-corrected chi connectivity index (χ3v) is 3.59. The molecule has 0 aromatic heterocycles. The molecule has 2 N–H and O–H groups in total. The van der Waals surface area contributed by atoms with Gasteiger partial charge < -0.3 is 20.1 Å². The molecule has 0 aliphatic rings. The Bertz CT molecular complexity index is 459. The van der Waals surface area contributed by atoms with Crippen molar-refractivity contribution in [3.63, 3.8) is 0 Å². The van der Waals surface area contributed by atoms with Crippen molar-refractivity contribution >= 4 is 11.6 Å². The van der Waals surface area contributed by atoms with E-state index in [1.807, 2.05) is 4.90 Å². The number of rotatable bonds is 8. The molecule has 0 aliphatic carbocycles. The molecule has 0 heterocycles. The van der Waals surface area contributed by atoms with Crippen molar-refractivity contribution in [2.24, 2.45) is 0 Å². The summed E-state index contributed by atoms with van der Waals surface area (Å²) in [5.41, 5.74) is 6.91. The highest BCUT2D eigenvalue weighted by Crippen LogP contribution is 2.21. The Morgan fingerprint density at radius 1 is 1.24 bits per heavy atom. The molecule has 5 heteroatoms. The van der Waals surface area contributed by atoms with Crippen LogP contribution in [0.25, 0.3) is 0 Å². The molecule has 1 aromatic rings. The number of carbonyl (C=O) groups excluding carboxylic acids is 1. The molecular weight excluding hydrogens is 268 g/mol. The third kappa shape index (κ3) is 4.63. The number of nitrogens with zero attached hydrogens (tertiary/aromatic N) is 1. The smallest absolute Gasteiger partial charge is 0.254 e. The first-order valence-corrected chi connectivity index (χ1v) is 7.31. The fourth-order valence-corrected chi connectivity index (χ4v) is 2.40. The van der Waals surface area contributed by atoms with E-state index in [0.29, 0.717) is 30.2 Å². The summed E-state index contributed by atoms with van der Waals surface area (Å²) >= 11 is 0. The number of nitrogen functional groups attached to an aromatic ring is 1. The minimum atomic E-state index is -0.0358. The molecular formula is C16H26N2O3. The Balaban J connectivity index is 3.06. The van der Waals surface area contributed by atoms with Crippen LogP contribution in [-0.4, -0.2) is 44.2 Å². The number of benzene rings is 1. The van der Waals surface area contributed by atoms with Gasteiger partial charge in [0.25, 0.3) is 5.91 Å². The number of carbonyl (C=O) groups is 1. The molecule has 21 heavy (non-hydrogen) atoms. The Kier molecular flexibility index (Phi) is 7.02. The van der Waals surface area contributed by atoms with Crippen molar-refractivity contribution in [1.82, 2.24) is 4.90 Å². The predicted molar refractivity (Wildman–Crippen MR) is 84.7 cm³/mol. The van der Waals surface area contributed by atoms with Crippen LogP contribution in [0.3, 0.4) is 0 Å². The second-order valence-electron chi connectivity index (χ2n) is 4.96. The average Bonchev–Trinajstić information content (AvgIpc) is 2.50. The average molecular weight is 294 g/mol. The van der Waals surface area contributed by atoms with Gasteiger partial charge >= 0.3 is 0 Å². The molecule has 1 aromatic carbocycles. The lowest BCUT2D eigenvalue weighted by Gasteiger charge is -2.30. The summed E-state index contributed by atoms with van der Waals surface area (Å²) in [6.45, 7) is 5.25. The quantitative estimate of drug-likeness (QED) is 0.748. The van der Waals surface area contributed by atoms with E-state index in [0.717, 1.165) is 12.8 Å². The first-order valence-electron chi connectivity index (χ1n) is 7.31. The van der Waals surface area contributed by atoms with Crippen molar-refractivity contribution in [3.8, 4) is 5.75 Å². The van der Waals surface area contributed by atoms with Crippen molar-refractivity contribution in [1.29, 1.82) is 0 Å². The molecule has 0 unspecified atom stereocenters. The Labute approximate surface area is 127 Å². The zero-order valence-corrected chi connectivity index (χ0v) is 13.4. The zero-order valence-electron chi connectivity index (χ0n) is 13.4. The highest BCUT2D eigenvalue weighted by molar-refractivity contribution is 5.95. The van der Waals surface area contributed by atoms with Crippen LogP contribution in [-0.2, 0) is 4.74 Å². The van der Waals surface area contributed by atoms with Crippen LogP contribution in [0.1, 0.15) is 37.0 Å². The number of amides is 1. The van der Waals surface area contributed by atoms with Crippen molar-refractivity contribution < 1.29 is 14.3 Å². The van der Waals surface area contributed by atoms with Crippen LogP contribution in [0.15, 0.2) is 18.2 Å². The maximum Gasteiger partial charge on any atom is 0.254 e. The summed E-state index contributed by atoms with van der Waals surface area (Å²) in [5.74, 6) is 0.556. The molecule has 0 spiro atoms. The Hall–Kier alpha value is -1.75. The number of methoxy groups -OCH3 is 2. The summed E-state index contributed by atoms with van der Waals surface area (Å²) in [7, 11) is 3.20. The monoisotopic (exact) mass is 294 g/mol. The van der Waals surface area contributed by atoms with E-state index in [4.69, 9.17) is 15.2 Å². The van der Waals surface area contributed by atoms with Crippen LogP contribution >= 0.6 is 0 Å². The fourth-order valence-electron chi connectivity index (χ4n) is 2.40. The topological polar surface area (TPSA) is 64.8 Å². The lowest BCUT2D eigenvalue weighted by Crippen LogP contribution is -2.41. The summed E-state index contributed by atoms with van der Waals surface area (Å²) in [6.07, 6.45) is 1.82. The maximum absolute atomic E-state index is 12.8. The Morgan fingerprint density at radius 3 is 2.43 bits per heavy atom. The van der Waals surface area contributed by atoms with E-state index in [1.54, 1.807) is 32.4 Å². The van der Waals surface area contributed by atoms with E-state index in [9.17, 15) is 4.79 Å². The van der Waals surface area contributed by atoms with Crippen LogP contribution in [0.2, 0.25) is 0 Å². The summed E-state index contributed by atoms with van der Waals surface area (Å²) in [5, 5.41) is 0. The minimum absolute atomic E-state index is 0.0358. The van der Waals surface area contributed by atoms with Gasteiger partial charge in [0.15, 0.2) is 0 Å². The van der Waals surface area contributed by atoms with Gasteiger partial charge in [-0.2, -0.15) is 0 Å². The van der Waals surface area contributed by atoms with Crippen LogP contribution in [0, 0.1) is 0 Å². The largest absolute Gasteiger partial charge is 0.497 e. The lowest BCUT2D eigenvalue weighted by molar-refractivity contribution is 0.0589. The molecule has 5 nitrogen and oxygen atoms in total. The van der Waals surface area contributed by atoms with Crippen molar-refractivity contribution in [2.75, 3.05) is 33.1 Å². The molecule has 0 radical (unpaired) electrons. The maximum atomic E-state index is 12.8. The first-order chi connectivity index (χ1) is 10.1. The third-order valence-electron chi connectivity index (χ3n) is 3.59. The van der Waals surface area contributed by atoms with Gasteiger partial charge in [-0.05, 0) is 25.0 Å². The van der Waals surface area contributed by atoms with Crippen LogP contribution in [0.5, 0.6) is 5.75 Å². The highest BCUT2D eigenvalue weighted by Gasteiger charge is 2.22. The van der Waals surface area contributed by atoms with E-state index in [2.05, 4.69) is 13.8 Å². The molecule has 0 saturated heterocycles. The van der Waals surface area contributed by atoms with Crippen LogP contribution in [0.4, 0.5) is 5.69 Å². The number of ether oxygens (including phenoxy) is 2. The molecule has 1 amide bonds. The van der Waals surface area contributed by atoms with Crippen molar-refractivity contribution in [3.05, 3.63) is 23.8 Å². The standard InChI is InChI=1S/C16H26N2O3/c1-5-14(6-2)18(7-8-20-3)16(19)12-9-13(17)11-15(10-12)21-4/h9-11,14H,5-8,17H2,1-4H3. The zero-order chi connectivity index (χ0) is 15.8. The second-order valence-corrected chi connectivity index (χ2v) is 4.96. The number of hydrogen-bond donors (Lipinski definition) is 1. The molecule has 0 saturated carbocycles. The van der Waals surface area contributed by atoms with Crippen LogP contribution < -0.4 is 10.5 Å². The first kappa shape index (κ1) is 17.3. The minimum Gasteiger partial charge on any atom is -0.497 e. The van der Waals surface area contributed by atoms with E-state index >= 15 is 0 Å². The molecule has 0 atom stereocenters. The van der Waals surface area contributed by atoms with E-state index in [-0.39, 0.29) is 11.9 Å². The number of nitrogens with two attached hydrogens (primary N) is 1. The number of anilines is 1. The van der Waals surface area contributed by atoms with Crippen molar-refractivity contribution in [2.45, 2.75) is 32.7 Å². The van der Waals surface area contributed by atoms with E-state index in [1.165, 1.54) is 0 Å². The van der Waals surface area contributed by atoms with Gasteiger partial charge in [0.1, 0.15) is 5.75 Å². The Morgan fingerprint density at radius 2 is 1.90 bits per heavy atom. The van der Waals surface area contributed by atoms with Gasteiger partial charge in [0, 0.05) is 37.0 Å². The van der Waals surface area contributed by atoms with Gasteiger partial charge in [0.2, 0.25) is 0 Å². The van der Waals surface area contributed by atoms with Gasteiger partial charge in [-0.25, -0.2) is 0 Å². The van der Waals surface area contributed by atoms with E-state index < -0.39 is 0 Å². The molecule has 0 bridgehead atoms. The van der Waals surface area contributed by atoms with Gasteiger partial charge in [0.05, 0.1) is 13.7 Å². The fraction of sp³-hybridized carbons (Fsp3) is 0.562. The molecule has 1 rings (SSSR count). The lowest BCUT2D eigenvalue weighted by atomic mass is 10.1. The van der Waals surface area contributed by atoms with Gasteiger partial charge in [-0.3, -0.25) is 4.79 Å². The van der Waals surface area contributed by atoms with Gasteiger partial charge in [-0.1, -0.05) is 13.8 Å².